The molecule has 1 fully saturated rings. The number of ether oxygens (including phenoxy) is 1. The van der Waals surface area contributed by atoms with Gasteiger partial charge < -0.3 is 24.5 Å². The van der Waals surface area contributed by atoms with Crippen LogP contribution in [0.4, 0.5) is 19.0 Å². The third-order valence-electron chi connectivity index (χ3n) is 5.05. The van der Waals surface area contributed by atoms with Crippen LogP contribution in [0.5, 0.6) is 0 Å². The third-order valence-corrected chi connectivity index (χ3v) is 5.05. The molecule has 3 heterocycles. The van der Waals surface area contributed by atoms with E-state index in [1.165, 1.54) is 18.7 Å². The maximum Gasteiger partial charge on any atom is 0.490 e. The maximum atomic E-state index is 12.3. The Bertz CT molecular complexity index is 874. The number of carbonyl (C=O) groups excluding carboxylic acids is 1. The molecule has 0 spiro atoms. The van der Waals surface area contributed by atoms with E-state index >= 15 is 0 Å². The molecule has 1 saturated heterocycles. The van der Waals surface area contributed by atoms with Gasteiger partial charge in [-0.3, -0.25) is 4.79 Å². The maximum absolute atomic E-state index is 12.3. The van der Waals surface area contributed by atoms with Crippen LogP contribution >= 0.6 is 0 Å². The monoisotopic (exact) mass is 443 g/mol. The first kappa shape index (κ1) is 24.5. The molecule has 0 aromatic carbocycles. The Labute approximate surface area is 178 Å². The van der Waals surface area contributed by atoms with Crippen LogP contribution in [-0.4, -0.2) is 60.9 Å². The number of methoxy groups -OCH3 is 1. The minimum absolute atomic E-state index is 0.0279. The van der Waals surface area contributed by atoms with Gasteiger partial charge in [-0.2, -0.15) is 13.2 Å². The van der Waals surface area contributed by atoms with E-state index in [-0.39, 0.29) is 5.91 Å². The van der Waals surface area contributed by atoms with Crippen molar-refractivity contribution in [2.24, 2.45) is 5.92 Å². The molecule has 3 rings (SSSR count). The second-order valence-electron chi connectivity index (χ2n) is 7.48. The normalized spacial score (nSPS) is 14.8. The van der Waals surface area contributed by atoms with E-state index in [1.807, 2.05) is 18.3 Å². The van der Waals surface area contributed by atoms with E-state index in [0.717, 1.165) is 30.9 Å². The molecule has 1 amide bonds. The Morgan fingerprint density at radius 1 is 1.19 bits per heavy atom. The summed E-state index contributed by atoms with van der Waals surface area (Å²) in [5.74, 6) is -0.792. The first-order chi connectivity index (χ1) is 14.6. The largest absolute Gasteiger partial charge is 0.490 e. The molecule has 2 aromatic rings. The smallest absolute Gasteiger partial charge is 0.475 e. The number of amides is 1. The number of halogens is 3. The molecule has 2 aromatic heterocycles. The molecular formula is C21H28F3N3O4. The van der Waals surface area contributed by atoms with Crippen LogP contribution < -0.4 is 10.2 Å². The zero-order chi connectivity index (χ0) is 23.0. The average Bonchev–Trinajstić information content (AvgIpc) is 3.14. The number of nitrogens with zero attached hydrogens (tertiary/aromatic N) is 2. The highest BCUT2D eigenvalue weighted by Crippen LogP contribution is 2.25. The second kappa shape index (κ2) is 11.0. The number of piperidine rings is 1. The SMILES string of the molecule is COCCCNC(=O)c1ccc2ccc(N3CCC(C)CC3)n2c1.O=C(O)C(F)(F)F. The number of carboxylic acid groups (broad SMARTS) is 1. The third kappa shape index (κ3) is 7.16. The Morgan fingerprint density at radius 3 is 2.39 bits per heavy atom. The van der Waals surface area contributed by atoms with Gasteiger partial charge in [0, 0.05) is 45.1 Å². The molecule has 0 saturated carbocycles. The Morgan fingerprint density at radius 2 is 1.81 bits per heavy atom. The minimum Gasteiger partial charge on any atom is -0.475 e. The van der Waals surface area contributed by atoms with Crippen molar-refractivity contribution < 1.29 is 32.6 Å². The number of aliphatic carboxylic acids is 1. The van der Waals surface area contributed by atoms with E-state index < -0.39 is 12.1 Å². The number of hydrogen-bond acceptors (Lipinski definition) is 4. The zero-order valence-electron chi connectivity index (χ0n) is 17.6. The molecule has 1 aliphatic rings. The van der Waals surface area contributed by atoms with Gasteiger partial charge in [-0.15, -0.1) is 0 Å². The zero-order valence-corrected chi connectivity index (χ0v) is 17.6. The van der Waals surface area contributed by atoms with Crippen LogP contribution in [0.2, 0.25) is 0 Å². The van der Waals surface area contributed by atoms with Gasteiger partial charge in [0.15, 0.2) is 0 Å². The number of carbonyl (C=O) groups is 2. The molecular weight excluding hydrogens is 415 g/mol. The Balaban J connectivity index is 0.000000423. The molecule has 1 aliphatic heterocycles. The lowest BCUT2D eigenvalue weighted by atomic mass is 9.99. The number of alkyl halides is 3. The number of aromatic nitrogens is 1. The number of pyridine rings is 1. The highest BCUT2D eigenvalue weighted by atomic mass is 19.4. The van der Waals surface area contributed by atoms with E-state index in [1.54, 1.807) is 7.11 Å². The Hall–Kier alpha value is -2.75. The fraction of sp³-hybridized carbons (Fsp3) is 0.524. The van der Waals surface area contributed by atoms with Crippen molar-refractivity contribution in [2.75, 3.05) is 38.3 Å². The van der Waals surface area contributed by atoms with Gasteiger partial charge in [0.05, 0.1) is 5.56 Å². The number of rotatable bonds is 6. The van der Waals surface area contributed by atoms with Crippen LogP contribution in [0, 0.1) is 5.92 Å². The highest BCUT2D eigenvalue weighted by molar-refractivity contribution is 5.94. The first-order valence-corrected chi connectivity index (χ1v) is 10.1. The lowest BCUT2D eigenvalue weighted by Gasteiger charge is -2.31. The van der Waals surface area contributed by atoms with Crippen LogP contribution in [0.3, 0.4) is 0 Å². The van der Waals surface area contributed by atoms with Crippen LogP contribution in [-0.2, 0) is 9.53 Å². The van der Waals surface area contributed by atoms with E-state index in [2.05, 4.69) is 33.7 Å². The summed E-state index contributed by atoms with van der Waals surface area (Å²) in [5, 5.41) is 10.1. The predicted molar refractivity (Wildman–Crippen MR) is 111 cm³/mol. The van der Waals surface area contributed by atoms with Crippen LogP contribution in [0.15, 0.2) is 30.5 Å². The van der Waals surface area contributed by atoms with Gasteiger partial charge in [-0.25, -0.2) is 4.79 Å². The fourth-order valence-corrected chi connectivity index (χ4v) is 3.24. The number of hydrogen-bond donors (Lipinski definition) is 2. The van der Waals surface area contributed by atoms with Crippen molar-refractivity contribution in [1.29, 1.82) is 0 Å². The van der Waals surface area contributed by atoms with Crippen molar-refractivity contribution in [2.45, 2.75) is 32.4 Å². The minimum atomic E-state index is -5.08. The molecule has 0 aliphatic carbocycles. The molecule has 31 heavy (non-hydrogen) atoms. The van der Waals surface area contributed by atoms with Crippen molar-refractivity contribution >= 4 is 23.2 Å². The van der Waals surface area contributed by atoms with E-state index in [4.69, 9.17) is 14.6 Å². The van der Waals surface area contributed by atoms with Crippen LogP contribution in [0.1, 0.15) is 36.5 Å². The molecule has 172 valence electrons. The summed E-state index contributed by atoms with van der Waals surface area (Å²) in [5.41, 5.74) is 1.82. The molecule has 0 bridgehead atoms. The topological polar surface area (TPSA) is 83.3 Å². The number of anilines is 1. The molecule has 10 heteroatoms. The van der Waals surface area contributed by atoms with E-state index in [9.17, 15) is 18.0 Å². The van der Waals surface area contributed by atoms with Gasteiger partial charge in [-0.1, -0.05) is 6.92 Å². The summed E-state index contributed by atoms with van der Waals surface area (Å²) >= 11 is 0. The van der Waals surface area contributed by atoms with Gasteiger partial charge in [0.1, 0.15) is 5.82 Å². The molecule has 7 nitrogen and oxygen atoms in total. The lowest BCUT2D eigenvalue weighted by molar-refractivity contribution is -0.192. The summed E-state index contributed by atoms with van der Waals surface area (Å²) in [6.45, 7) is 5.78. The van der Waals surface area contributed by atoms with Crippen molar-refractivity contribution in [3.8, 4) is 0 Å². The standard InChI is InChI=1S/C19H27N3O2.C2HF3O2/c1-15-8-11-21(12-9-15)18-7-6-17-5-4-16(14-22(17)18)19(23)20-10-3-13-24-2;3-2(4,5)1(6)7/h4-7,14-15H,3,8-13H2,1-2H3,(H,20,23);(H,6,7). The molecule has 0 atom stereocenters. The number of carboxylic acids is 1. The lowest BCUT2D eigenvalue weighted by Crippen LogP contribution is -2.33. The van der Waals surface area contributed by atoms with Gasteiger partial charge in [-0.05, 0) is 49.4 Å². The quantitative estimate of drug-likeness (QED) is 0.667. The average molecular weight is 443 g/mol. The van der Waals surface area contributed by atoms with Crippen molar-refractivity contribution in [1.82, 2.24) is 9.72 Å². The van der Waals surface area contributed by atoms with Crippen molar-refractivity contribution in [3.63, 3.8) is 0 Å². The number of nitrogens with one attached hydrogen (secondary N) is 1. The summed E-state index contributed by atoms with van der Waals surface area (Å²) in [7, 11) is 1.67. The molecule has 2 N–H and O–H groups in total. The predicted octanol–water partition coefficient (Wildman–Crippen LogP) is 3.58. The second-order valence-corrected chi connectivity index (χ2v) is 7.48. The fourth-order valence-electron chi connectivity index (χ4n) is 3.24. The van der Waals surface area contributed by atoms with Crippen LogP contribution in [0.25, 0.3) is 5.52 Å². The van der Waals surface area contributed by atoms with Gasteiger partial charge >= 0.3 is 12.1 Å². The molecule has 0 unspecified atom stereocenters. The number of fused-ring (bicyclic) bond motifs is 1. The highest BCUT2D eigenvalue weighted by Gasteiger charge is 2.38. The van der Waals surface area contributed by atoms with Gasteiger partial charge in [0.2, 0.25) is 0 Å². The summed E-state index contributed by atoms with van der Waals surface area (Å²) in [6.07, 6.45) is 0.152. The van der Waals surface area contributed by atoms with Crippen molar-refractivity contribution in [3.05, 3.63) is 36.0 Å². The van der Waals surface area contributed by atoms with E-state index in [0.29, 0.717) is 18.7 Å². The Kier molecular flexibility index (Phi) is 8.73. The van der Waals surface area contributed by atoms with Gasteiger partial charge in [0.25, 0.3) is 5.91 Å². The summed E-state index contributed by atoms with van der Waals surface area (Å²) in [6, 6.07) is 8.18. The summed E-state index contributed by atoms with van der Waals surface area (Å²) in [4.78, 5) is 23.6. The summed E-state index contributed by atoms with van der Waals surface area (Å²) < 4.78 is 38.9. The molecule has 0 radical (unpaired) electrons. The first-order valence-electron chi connectivity index (χ1n) is 10.1.